The molecule has 2 atom stereocenters. The molecular formula is C45H40N2O4. The summed E-state index contributed by atoms with van der Waals surface area (Å²) in [6.07, 6.45) is -1.36. The first-order valence-corrected chi connectivity index (χ1v) is 17.2. The van der Waals surface area contributed by atoms with Crippen LogP contribution < -0.4 is 20.1 Å². The number of ether oxygens (including phenoxy) is 2. The average molecular weight is 673 g/mol. The van der Waals surface area contributed by atoms with Crippen molar-refractivity contribution in [2.75, 3.05) is 10.6 Å². The summed E-state index contributed by atoms with van der Waals surface area (Å²) in [6.45, 7) is 7.42. The van der Waals surface area contributed by atoms with Crippen molar-refractivity contribution in [3.8, 4) is 22.6 Å². The molecule has 2 amide bonds. The number of carbonyl (C=O) groups is 2. The van der Waals surface area contributed by atoms with Gasteiger partial charge in [0, 0.05) is 11.4 Å². The number of carbonyl (C=O) groups excluding carboxylic acids is 2. The van der Waals surface area contributed by atoms with Gasteiger partial charge in [-0.15, -0.1) is 0 Å². The fraction of sp³-hybridized carbons (Fsp3) is 0.156. The molecule has 0 fully saturated rings. The van der Waals surface area contributed by atoms with Gasteiger partial charge >= 0.3 is 0 Å². The van der Waals surface area contributed by atoms with Crippen LogP contribution in [0.2, 0.25) is 0 Å². The fourth-order valence-corrected chi connectivity index (χ4v) is 6.98. The Labute approximate surface area is 299 Å². The van der Waals surface area contributed by atoms with Crippen molar-refractivity contribution in [3.05, 3.63) is 179 Å². The van der Waals surface area contributed by atoms with Gasteiger partial charge in [-0.3, -0.25) is 9.59 Å². The van der Waals surface area contributed by atoms with Crippen LogP contribution in [0.25, 0.3) is 11.1 Å². The minimum absolute atomic E-state index is 0.228. The molecule has 0 bridgehead atoms. The first-order chi connectivity index (χ1) is 24.8. The van der Waals surface area contributed by atoms with E-state index in [2.05, 4.69) is 83.4 Å². The number of hydrogen-bond acceptors (Lipinski definition) is 4. The number of aryl methyl sites for hydroxylation is 2. The van der Waals surface area contributed by atoms with Crippen molar-refractivity contribution in [2.24, 2.45) is 0 Å². The number of rotatable bonds is 10. The standard InChI is InChI=1S/C45H40N2O4/c1-29-13-5-11-19-41(29)50-31(3)43(48)46-35-25-21-33(22-26-35)45(39-17-9-7-15-37(39)38-16-8-10-18-40(38)45)34-23-27-36(28-24-34)47-44(49)32(4)51-42-20-12-6-14-30(42)2/h5-28,31-32H,1-4H3,(H,46,48)(H,47,49). The maximum atomic E-state index is 13.2. The van der Waals surface area contributed by atoms with Gasteiger partial charge in [0.2, 0.25) is 0 Å². The molecule has 6 aromatic rings. The van der Waals surface area contributed by atoms with Crippen LogP contribution in [0.5, 0.6) is 11.5 Å². The summed E-state index contributed by atoms with van der Waals surface area (Å²) in [7, 11) is 0. The first-order valence-electron chi connectivity index (χ1n) is 17.2. The summed E-state index contributed by atoms with van der Waals surface area (Å²) < 4.78 is 11.9. The predicted octanol–water partition coefficient (Wildman–Crippen LogP) is 9.48. The summed E-state index contributed by atoms with van der Waals surface area (Å²) in [4.78, 5) is 26.3. The van der Waals surface area contributed by atoms with Crippen LogP contribution in [0.3, 0.4) is 0 Å². The summed E-state index contributed by atoms with van der Waals surface area (Å²) in [5, 5.41) is 6.06. The van der Waals surface area contributed by atoms with Gasteiger partial charge in [-0.2, -0.15) is 0 Å². The van der Waals surface area contributed by atoms with E-state index in [9.17, 15) is 9.59 Å². The van der Waals surface area contributed by atoms with E-state index in [4.69, 9.17) is 9.47 Å². The minimum Gasteiger partial charge on any atom is -0.481 e. The molecule has 1 aliphatic rings. The second-order valence-corrected chi connectivity index (χ2v) is 13.0. The van der Waals surface area contributed by atoms with Gasteiger partial charge in [0.05, 0.1) is 5.41 Å². The van der Waals surface area contributed by atoms with Crippen LogP contribution in [0, 0.1) is 13.8 Å². The van der Waals surface area contributed by atoms with Gasteiger partial charge in [-0.25, -0.2) is 0 Å². The van der Waals surface area contributed by atoms with E-state index in [-0.39, 0.29) is 11.8 Å². The molecule has 0 heterocycles. The zero-order valence-electron chi connectivity index (χ0n) is 29.1. The molecule has 0 saturated heterocycles. The van der Waals surface area contributed by atoms with E-state index in [1.807, 2.05) is 86.6 Å². The minimum atomic E-state index is -0.679. The Kier molecular flexibility index (Phi) is 9.16. The number of anilines is 2. The van der Waals surface area contributed by atoms with Gasteiger partial charge in [-0.1, -0.05) is 109 Å². The van der Waals surface area contributed by atoms with E-state index in [0.717, 1.165) is 22.3 Å². The highest BCUT2D eigenvalue weighted by Gasteiger charge is 2.45. The fourth-order valence-electron chi connectivity index (χ4n) is 6.98. The van der Waals surface area contributed by atoms with E-state index in [0.29, 0.717) is 22.9 Å². The number of hydrogen-bond donors (Lipinski definition) is 2. The topological polar surface area (TPSA) is 76.7 Å². The van der Waals surface area contributed by atoms with Crippen LogP contribution in [-0.2, 0) is 15.0 Å². The SMILES string of the molecule is Cc1ccccc1OC(C)C(=O)Nc1ccc(C2(c3ccc(NC(=O)C(C)Oc4ccccc4C)cc3)c3ccccc3-c3ccccc32)cc1. The van der Waals surface area contributed by atoms with E-state index in [1.54, 1.807) is 13.8 Å². The van der Waals surface area contributed by atoms with E-state index >= 15 is 0 Å². The lowest BCUT2D eigenvalue weighted by Gasteiger charge is -2.34. The largest absolute Gasteiger partial charge is 0.481 e. The number of para-hydroxylation sites is 2. The maximum absolute atomic E-state index is 13.2. The molecule has 0 aromatic heterocycles. The first kappa shape index (κ1) is 33.4. The van der Waals surface area contributed by atoms with Crippen LogP contribution >= 0.6 is 0 Å². The molecule has 6 aromatic carbocycles. The molecule has 0 spiro atoms. The number of amides is 2. The molecule has 6 nitrogen and oxygen atoms in total. The van der Waals surface area contributed by atoms with Crippen molar-refractivity contribution in [2.45, 2.75) is 45.3 Å². The molecule has 0 saturated carbocycles. The second kappa shape index (κ2) is 14.0. The van der Waals surface area contributed by atoms with Crippen LogP contribution in [-0.4, -0.2) is 24.0 Å². The molecule has 6 heteroatoms. The molecule has 7 rings (SSSR count). The highest BCUT2D eigenvalue weighted by molar-refractivity contribution is 5.95. The van der Waals surface area contributed by atoms with Gasteiger partial charge in [-0.05, 0) is 109 Å². The van der Waals surface area contributed by atoms with Crippen molar-refractivity contribution in [3.63, 3.8) is 0 Å². The zero-order chi connectivity index (χ0) is 35.5. The van der Waals surface area contributed by atoms with Crippen LogP contribution in [0.1, 0.15) is 47.2 Å². The third-order valence-corrected chi connectivity index (χ3v) is 9.66. The lowest BCUT2D eigenvalue weighted by atomic mass is 9.67. The Hall–Kier alpha value is -6.14. The van der Waals surface area contributed by atoms with Gasteiger partial charge in [0.15, 0.2) is 12.2 Å². The van der Waals surface area contributed by atoms with E-state index < -0.39 is 17.6 Å². The summed E-state index contributed by atoms with van der Waals surface area (Å²) in [6, 6.07) is 48.5. The monoisotopic (exact) mass is 672 g/mol. The highest BCUT2D eigenvalue weighted by atomic mass is 16.5. The normalized spacial score (nSPS) is 13.6. The highest BCUT2D eigenvalue weighted by Crippen LogP contribution is 2.56. The summed E-state index contributed by atoms with van der Waals surface area (Å²) in [5.74, 6) is 0.917. The second-order valence-electron chi connectivity index (χ2n) is 13.0. The predicted molar refractivity (Wildman–Crippen MR) is 204 cm³/mol. The van der Waals surface area contributed by atoms with Crippen LogP contribution in [0.4, 0.5) is 11.4 Å². The summed E-state index contributed by atoms with van der Waals surface area (Å²) >= 11 is 0. The Morgan fingerprint density at radius 3 is 1.24 bits per heavy atom. The molecule has 0 radical (unpaired) electrons. The number of fused-ring (bicyclic) bond motifs is 3. The Morgan fingerprint density at radius 2 is 0.843 bits per heavy atom. The number of benzene rings is 6. The van der Waals surface area contributed by atoms with Crippen LogP contribution in [0.15, 0.2) is 146 Å². The van der Waals surface area contributed by atoms with Crippen molar-refractivity contribution < 1.29 is 19.1 Å². The molecule has 254 valence electrons. The Balaban J connectivity index is 1.19. The Bertz CT molecular complexity index is 2050. The van der Waals surface area contributed by atoms with Gasteiger partial charge < -0.3 is 20.1 Å². The molecular weight excluding hydrogens is 633 g/mol. The quantitative estimate of drug-likeness (QED) is 0.152. The molecule has 2 unspecified atom stereocenters. The smallest absolute Gasteiger partial charge is 0.265 e. The molecule has 2 N–H and O–H groups in total. The number of nitrogens with one attached hydrogen (secondary N) is 2. The molecule has 1 aliphatic carbocycles. The lowest BCUT2D eigenvalue weighted by molar-refractivity contribution is -0.122. The maximum Gasteiger partial charge on any atom is 0.265 e. The zero-order valence-corrected chi connectivity index (χ0v) is 29.1. The van der Waals surface area contributed by atoms with Gasteiger partial charge in [0.25, 0.3) is 11.8 Å². The Morgan fingerprint density at radius 1 is 0.490 bits per heavy atom. The third-order valence-electron chi connectivity index (χ3n) is 9.66. The third kappa shape index (κ3) is 6.37. The lowest BCUT2D eigenvalue weighted by Crippen LogP contribution is -2.31. The average Bonchev–Trinajstić information content (AvgIpc) is 3.45. The molecule has 51 heavy (non-hydrogen) atoms. The van der Waals surface area contributed by atoms with Crippen molar-refractivity contribution in [1.82, 2.24) is 0 Å². The van der Waals surface area contributed by atoms with Gasteiger partial charge in [0.1, 0.15) is 11.5 Å². The summed E-state index contributed by atoms with van der Waals surface area (Å²) in [5.41, 5.74) is 9.46. The molecule has 0 aliphatic heterocycles. The van der Waals surface area contributed by atoms with Crippen molar-refractivity contribution >= 4 is 23.2 Å². The van der Waals surface area contributed by atoms with Crippen molar-refractivity contribution in [1.29, 1.82) is 0 Å². The van der Waals surface area contributed by atoms with E-state index in [1.165, 1.54) is 22.3 Å².